The van der Waals surface area contributed by atoms with Crippen LogP contribution in [0.4, 0.5) is 5.69 Å². The van der Waals surface area contributed by atoms with Crippen LogP contribution >= 0.6 is 0 Å². The molecule has 3 heterocycles. The Kier molecular flexibility index (Phi) is 3.52. The molecule has 2 bridgehead atoms. The average molecular weight is 360 g/mol. The molecule has 0 aliphatic carbocycles. The number of carbonyl (C=O) groups is 2. The monoisotopic (exact) mass is 360 g/mol. The van der Waals surface area contributed by atoms with Crippen LogP contribution in [0.15, 0.2) is 24.3 Å². The molecule has 1 N–H and O–H groups in total. The molecule has 9 nitrogen and oxygen atoms in total. The van der Waals surface area contributed by atoms with Gasteiger partial charge in [-0.1, -0.05) is 12.2 Å². The number of amides is 2. The number of hydrogen-bond donors (Lipinski definition) is 1. The Morgan fingerprint density at radius 2 is 1.81 bits per heavy atom. The molecule has 0 saturated carbocycles. The number of nitro groups is 1. The number of ether oxygens (including phenoxy) is 2. The normalized spacial score (nSPS) is 30.0. The van der Waals surface area contributed by atoms with Crippen molar-refractivity contribution >= 4 is 17.5 Å². The van der Waals surface area contributed by atoms with Gasteiger partial charge < -0.3 is 14.6 Å². The molecule has 3 aliphatic rings. The first-order valence-corrected chi connectivity index (χ1v) is 8.11. The third-order valence-electron chi connectivity index (χ3n) is 5.31. The van der Waals surface area contributed by atoms with Gasteiger partial charge in [0.25, 0.3) is 5.69 Å². The first-order valence-electron chi connectivity index (χ1n) is 8.11. The van der Waals surface area contributed by atoms with Crippen LogP contribution in [0.5, 0.6) is 11.5 Å². The van der Waals surface area contributed by atoms with E-state index in [-0.39, 0.29) is 22.7 Å². The van der Waals surface area contributed by atoms with Crippen LogP contribution in [-0.2, 0) is 14.3 Å². The van der Waals surface area contributed by atoms with Gasteiger partial charge in [-0.15, -0.1) is 0 Å². The van der Waals surface area contributed by atoms with Crippen LogP contribution in [0.1, 0.15) is 18.5 Å². The van der Waals surface area contributed by atoms with E-state index < -0.39 is 46.8 Å². The predicted molar refractivity (Wildman–Crippen MR) is 86.4 cm³/mol. The van der Waals surface area contributed by atoms with Crippen LogP contribution in [0.3, 0.4) is 0 Å². The van der Waals surface area contributed by atoms with Gasteiger partial charge in [-0.2, -0.15) is 0 Å². The first kappa shape index (κ1) is 16.5. The van der Waals surface area contributed by atoms with E-state index in [1.54, 1.807) is 19.1 Å². The highest BCUT2D eigenvalue weighted by Crippen LogP contribution is 2.48. The molecule has 2 fully saturated rings. The number of rotatable bonds is 4. The maximum absolute atomic E-state index is 12.8. The molecule has 5 atom stereocenters. The van der Waals surface area contributed by atoms with Crippen molar-refractivity contribution in [3.05, 3.63) is 40.0 Å². The Balaban J connectivity index is 1.75. The third kappa shape index (κ3) is 2.07. The van der Waals surface area contributed by atoms with Gasteiger partial charge in [-0.05, 0) is 13.0 Å². The van der Waals surface area contributed by atoms with Gasteiger partial charge >= 0.3 is 0 Å². The Morgan fingerprint density at radius 1 is 1.23 bits per heavy atom. The number of likely N-dealkylation sites (tertiary alicyclic amines) is 1. The summed E-state index contributed by atoms with van der Waals surface area (Å²) in [5, 5.41) is 21.2. The van der Waals surface area contributed by atoms with Gasteiger partial charge in [0, 0.05) is 0 Å². The molecule has 2 amide bonds. The number of hydrogen-bond acceptors (Lipinski definition) is 7. The zero-order chi connectivity index (χ0) is 18.7. The number of nitrogens with zero attached hydrogens (tertiary/aromatic N) is 2. The summed E-state index contributed by atoms with van der Waals surface area (Å²) in [6, 6.07) is 1.37. The van der Waals surface area contributed by atoms with E-state index in [9.17, 15) is 24.8 Å². The smallest absolute Gasteiger partial charge is 0.278 e. The molecule has 0 radical (unpaired) electrons. The summed E-state index contributed by atoms with van der Waals surface area (Å²) in [7, 11) is 1.31. The van der Waals surface area contributed by atoms with Crippen molar-refractivity contribution < 1.29 is 29.1 Å². The summed E-state index contributed by atoms with van der Waals surface area (Å²) in [5.74, 6) is -2.32. The van der Waals surface area contributed by atoms with E-state index >= 15 is 0 Å². The van der Waals surface area contributed by atoms with E-state index in [2.05, 4.69) is 0 Å². The van der Waals surface area contributed by atoms with E-state index in [1.807, 2.05) is 0 Å². The average Bonchev–Trinajstić information content (AvgIpc) is 3.28. The summed E-state index contributed by atoms with van der Waals surface area (Å²) in [4.78, 5) is 37.5. The molecule has 0 spiro atoms. The number of nitro benzene ring substituents is 1. The van der Waals surface area contributed by atoms with E-state index in [0.717, 1.165) is 11.0 Å². The van der Waals surface area contributed by atoms with Gasteiger partial charge in [0.1, 0.15) is 0 Å². The van der Waals surface area contributed by atoms with Crippen molar-refractivity contribution in [2.75, 3.05) is 7.11 Å². The standard InChI is InChI=1S/C17H16N2O7/c1-7(8-5-13(25-2)10(20)6-9(8)19(23)24)18-16(21)14-11-3-4-12(26-11)15(14)17(18)22/h3-7,11-12,14-15,20H,1-2H3. The van der Waals surface area contributed by atoms with Gasteiger partial charge in [0.05, 0.1) is 53.7 Å². The van der Waals surface area contributed by atoms with E-state index in [4.69, 9.17) is 9.47 Å². The minimum Gasteiger partial charge on any atom is -0.504 e. The Labute approximate surface area is 147 Å². The summed E-state index contributed by atoms with van der Waals surface area (Å²) in [5.41, 5.74) is -0.265. The minimum atomic E-state index is -0.880. The van der Waals surface area contributed by atoms with Crippen molar-refractivity contribution in [2.24, 2.45) is 11.8 Å². The van der Waals surface area contributed by atoms with Gasteiger partial charge in [-0.25, -0.2) is 0 Å². The van der Waals surface area contributed by atoms with Crippen molar-refractivity contribution in [1.29, 1.82) is 0 Å². The molecule has 2 saturated heterocycles. The zero-order valence-corrected chi connectivity index (χ0v) is 14.0. The first-order chi connectivity index (χ1) is 12.3. The second-order valence-corrected chi connectivity index (χ2v) is 6.56. The number of carbonyl (C=O) groups excluding carboxylic acids is 2. The van der Waals surface area contributed by atoms with Crippen LogP contribution in [0.2, 0.25) is 0 Å². The number of fused-ring (bicyclic) bond motifs is 5. The molecule has 4 rings (SSSR count). The fourth-order valence-corrected chi connectivity index (χ4v) is 4.08. The lowest BCUT2D eigenvalue weighted by atomic mass is 9.85. The maximum Gasteiger partial charge on any atom is 0.278 e. The predicted octanol–water partition coefficient (Wildman–Crippen LogP) is 1.31. The number of phenolic OH excluding ortho intramolecular Hbond substituents is 1. The Hall–Kier alpha value is -2.94. The quantitative estimate of drug-likeness (QED) is 0.372. The molecule has 1 aromatic rings. The van der Waals surface area contributed by atoms with Crippen molar-refractivity contribution in [3.63, 3.8) is 0 Å². The van der Waals surface area contributed by atoms with E-state index in [1.165, 1.54) is 13.2 Å². The highest BCUT2D eigenvalue weighted by Gasteiger charge is 2.61. The van der Waals surface area contributed by atoms with Crippen LogP contribution < -0.4 is 4.74 Å². The summed E-state index contributed by atoms with van der Waals surface area (Å²) < 4.78 is 10.6. The van der Waals surface area contributed by atoms with Crippen molar-refractivity contribution in [2.45, 2.75) is 25.2 Å². The second-order valence-electron chi connectivity index (χ2n) is 6.56. The molecule has 5 unspecified atom stereocenters. The fourth-order valence-electron chi connectivity index (χ4n) is 4.08. The zero-order valence-electron chi connectivity index (χ0n) is 14.0. The highest BCUT2D eigenvalue weighted by atomic mass is 16.6. The van der Waals surface area contributed by atoms with Crippen LogP contribution in [0.25, 0.3) is 0 Å². The molecule has 136 valence electrons. The minimum absolute atomic E-state index is 0.0295. The highest BCUT2D eigenvalue weighted by molar-refractivity contribution is 6.07. The molecule has 9 heteroatoms. The SMILES string of the molecule is COc1cc(C(C)N2C(=O)C3C4C=CC(O4)C3C2=O)c([N+](=O)[O-])cc1O. The lowest BCUT2D eigenvalue weighted by Gasteiger charge is -2.25. The van der Waals surface area contributed by atoms with E-state index in [0.29, 0.717) is 0 Å². The third-order valence-corrected chi connectivity index (χ3v) is 5.31. The molecule has 3 aliphatic heterocycles. The lowest BCUT2D eigenvalue weighted by molar-refractivity contribution is -0.385. The second kappa shape index (κ2) is 5.53. The van der Waals surface area contributed by atoms with Crippen molar-refractivity contribution in [1.82, 2.24) is 4.90 Å². The maximum atomic E-state index is 12.8. The lowest BCUT2D eigenvalue weighted by Crippen LogP contribution is -2.36. The number of phenols is 1. The molecule has 1 aromatic carbocycles. The number of imide groups is 1. The fraction of sp³-hybridized carbons (Fsp3) is 0.412. The molecule has 26 heavy (non-hydrogen) atoms. The Bertz CT molecular complexity index is 835. The van der Waals surface area contributed by atoms with Gasteiger partial charge in [0.15, 0.2) is 11.5 Å². The summed E-state index contributed by atoms with van der Waals surface area (Å²) >= 11 is 0. The van der Waals surface area contributed by atoms with Crippen LogP contribution in [0, 0.1) is 22.0 Å². The van der Waals surface area contributed by atoms with Gasteiger partial charge in [-0.3, -0.25) is 24.6 Å². The summed E-state index contributed by atoms with van der Waals surface area (Å²) in [6.45, 7) is 1.55. The number of benzene rings is 1. The molecule has 0 aromatic heterocycles. The number of aromatic hydroxyl groups is 1. The molecular weight excluding hydrogens is 344 g/mol. The molecular formula is C17H16N2O7. The summed E-state index contributed by atoms with van der Waals surface area (Å²) in [6.07, 6.45) is 2.69. The van der Waals surface area contributed by atoms with Crippen LogP contribution in [-0.4, -0.2) is 46.1 Å². The number of methoxy groups -OCH3 is 1. The Morgan fingerprint density at radius 3 is 2.31 bits per heavy atom. The topological polar surface area (TPSA) is 119 Å². The largest absolute Gasteiger partial charge is 0.504 e. The van der Waals surface area contributed by atoms with Gasteiger partial charge in [0.2, 0.25) is 11.8 Å². The van der Waals surface area contributed by atoms with Crippen molar-refractivity contribution in [3.8, 4) is 11.5 Å².